The molecular weight excluding hydrogens is 243 g/mol. The fourth-order valence-electron chi connectivity index (χ4n) is 1.89. The molecule has 0 amide bonds. The van der Waals surface area contributed by atoms with Crippen molar-refractivity contribution in [3.05, 3.63) is 0 Å². The third-order valence-corrected chi connectivity index (χ3v) is 3.32. The Morgan fingerprint density at radius 1 is 0.867 bits per heavy atom. The number of carboxylic acids is 1. The predicted molar refractivity (Wildman–Crippen MR) is 53.7 cm³/mol. The smallest absolute Gasteiger partial charge is 0.306 e. The molecule has 0 heterocycles. The average molecular weight is 253 g/mol. The number of aliphatic carboxylic acids is 1. The van der Waals surface area contributed by atoms with E-state index in [1.54, 1.807) is 0 Å². The molecule has 84 valence electrons. The van der Waals surface area contributed by atoms with Crippen molar-refractivity contribution >= 4 is 39.7 Å². The SMILES string of the molecule is O=C(O)C1CC(C(=O)Cl)CC(C(=O)Cl)C1. The topological polar surface area (TPSA) is 71.4 Å². The zero-order chi connectivity index (χ0) is 11.6. The molecule has 6 heteroatoms. The van der Waals surface area contributed by atoms with E-state index in [-0.39, 0.29) is 19.3 Å². The van der Waals surface area contributed by atoms with Crippen LogP contribution in [-0.2, 0) is 14.4 Å². The Balaban J connectivity index is 2.77. The van der Waals surface area contributed by atoms with E-state index in [9.17, 15) is 14.4 Å². The molecule has 1 N–H and O–H groups in total. The molecule has 0 aliphatic heterocycles. The first-order valence-corrected chi connectivity index (χ1v) is 5.29. The first-order valence-electron chi connectivity index (χ1n) is 4.53. The molecule has 1 fully saturated rings. The zero-order valence-corrected chi connectivity index (χ0v) is 9.29. The summed E-state index contributed by atoms with van der Waals surface area (Å²) in [5, 5.41) is 7.64. The van der Waals surface area contributed by atoms with Crippen molar-refractivity contribution in [2.24, 2.45) is 17.8 Å². The third-order valence-electron chi connectivity index (χ3n) is 2.70. The Morgan fingerprint density at radius 2 is 1.20 bits per heavy atom. The fraction of sp³-hybridized carbons (Fsp3) is 0.667. The number of carbonyl (C=O) groups is 3. The largest absolute Gasteiger partial charge is 0.481 e. The molecule has 1 saturated carbocycles. The first kappa shape index (κ1) is 12.5. The molecule has 0 aromatic carbocycles. The van der Waals surface area contributed by atoms with Crippen LogP contribution in [-0.4, -0.2) is 21.6 Å². The van der Waals surface area contributed by atoms with Crippen LogP contribution in [0.2, 0.25) is 0 Å². The Morgan fingerprint density at radius 3 is 1.47 bits per heavy atom. The van der Waals surface area contributed by atoms with Crippen LogP contribution >= 0.6 is 23.2 Å². The molecule has 2 atom stereocenters. The van der Waals surface area contributed by atoms with E-state index < -0.39 is 34.2 Å². The van der Waals surface area contributed by atoms with Crippen LogP contribution in [0, 0.1) is 17.8 Å². The standard InChI is InChI=1S/C9H10Cl2O4/c10-7(12)4-1-5(8(11)13)3-6(2-4)9(14)15/h4-6H,1-3H2,(H,14,15). The molecule has 0 saturated heterocycles. The van der Waals surface area contributed by atoms with E-state index in [1.807, 2.05) is 0 Å². The Kier molecular flexibility index (Phi) is 4.11. The van der Waals surface area contributed by atoms with Gasteiger partial charge in [0.05, 0.1) is 5.92 Å². The summed E-state index contributed by atoms with van der Waals surface area (Å²) in [6.45, 7) is 0. The quantitative estimate of drug-likeness (QED) is 0.776. The molecule has 1 rings (SSSR count). The number of hydrogen-bond donors (Lipinski definition) is 1. The van der Waals surface area contributed by atoms with E-state index in [0.717, 1.165) is 0 Å². The van der Waals surface area contributed by atoms with Gasteiger partial charge in [-0.05, 0) is 42.5 Å². The van der Waals surface area contributed by atoms with Crippen LogP contribution in [0.15, 0.2) is 0 Å². The molecule has 1 aliphatic rings. The van der Waals surface area contributed by atoms with Crippen LogP contribution < -0.4 is 0 Å². The van der Waals surface area contributed by atoms with Crippen LogP contribution in [0.5, 0.6) is 0 Å². The molecule has 4 nitrogen and oxygen atoms in total. The monoisotopic (exact) mass is 252 g/mol. The predicted octanol–water partition coefficient (Wildman–Crippen LogP) is 1.63. The maximum Gasteiger partial charge on any atom is 0.306 e. The summed E-state index contributed by atoms with van der Waals surface area (Å²) < 4.78 is 0. The van der Waals surface area contributed by atoms with Gasteiger partial charge in [-0.25, -0.2) is 0 Å². The molecule has 15 heavy (non-hydrogen) atoms. The second kappa shape index (κ2) is 4.94. The van der Waals surface area contributed by atoms with Gasteiger partial charge in [-0.15, -0.1) is 0 Å². The third kappa shape index (κ3) is 3.18. The molecule has 1 aliphatic carbocycles. The summed E-state index contributed by atoms with van der Waals surface area (Å²) in [4.78, 5) is 32.7. The Bertz CT molecular complexity index is 249. The number of rotatable bonds is 3. The molecule has 0 aromatic heterocycles. The molecular formula is C9H10Cl2O4. The molecule has 0 radical (unpaired) electrons. The summed E-state index contributed by atoms with van der Waals surface area (Å²) in [5.41, 5.74) is 0. The van der Waals surface area contributed by atoms with Gasteiger partial charge in [0.15, 0.2) is 0 Å². The van der Waals surface area contributed by atoms with Crippen LogP contribution in [0.25, 0.3) is 0 Å². The maximum absolute atomic E-state index is 11.0. The lowest BCUT2D eigenvalue weighted by Crippen LogP contribution is -2.32. The molecule has 2 unspecified atom stereocenters. The second-order valence-electron chi connectivity index (χ2n) is 3.74. The highest BCUT2D eigenvalue weighted by molar-refractivity contribution is 6.65. The van der Waals surface area contributed by atoms with E-state index in [2.05, 4.69) is 0 Å². The maximum atomic E-state index is 11.0. The average Bonchev–Trinajstić information content (AvgIpc) is 2.16. The van der Waals surface area contributed by atoms with Gasteiger partial charge < -0.3 is 5.11 Å². The van der Waals surface area contributed by atoms with Gasteiger partial charge in [-0.2, -0.15) is 0 Å². The van der Waals surface area contributed by atoms with Crippen molar-refractivity contribution in [1.29, 1.82) is 0 Å². The number of carbonyl (C=O) groups excluding carboxylic acids is 2. The van der Waals surface area contributed by atoms with E-state index in [4.69, 9.17) is 28.3 Å². The molecule has 0 bridgehead atoms. The highest BCUT2D eigenvalue weighted by Crippen LogP contribution is 2.35. The summed E-state index contributed by atoms with van der Waals surface area (Å²) in [6, 6.07) is 0. The first-order chi connectivity index (χ1) is 6.91. The van der Waals surface area contributed by atoms with Gasteiger partial charge in [-0.3, -0.25) is 14.4 Å². The summed E-state index contributed by atoms with van der Waals surface area (Å²) >= 11 is 10.6. The van der Waals surface area contributed by atoms with Crippen molar-refractivity contribution in [1.82, 2.24) is 0 Å². The Hall–Kier alpha value is -0.610. The number of carboxylic acid groups (broad SMARTS) is 1. The van der Waals surface area contributed by atoms with Gasteiger partial charge in [0.2, 0.25) is 10.5 Å². The lowest BCUT2D eigenvalue weighted by atomic mass is 9.76. The summed E-state index contributed by atoms with van der Waals surface area (Å²) in [7, 11) is 0. The summed E-state index contributed by atoms with van der Waals surface area (Å²) in [6.07, 6.45) is 0.644. The van der Waals surface area contributed by atoms with Gasteiger partial charge in [0.1, 0.15) is 0 Å². The van der Waals surface area contributed by atoms with E-state index >= 15 is 0 Å². The van der Waals surface area contributed by atoms with Gasteiger partial charge >= 0.3 is 5.97 Å². The second-order valence-corrected chi connectivity index (χ2v) is 4.49. The van der Waals surface area contributed by atoms with Crippen molar-refractivity contribution in [2.45, 2.75) is 19.3 Å². The van der Waals surface area contributed by atoms with Crippen LogP contribution in [0.1, 0.15) is 19.3 Å². The Labute approximate surface area is 96.5 Å². The minimum absolute atomic E-state index is 0.193. The van der Waals surface area contributed by atoms with E-state index in [0.29, 0.717) is 0 Å². The minimum atomic E-state index is -1.01. The molecule has 0 aromatic rings. The zero-order valence-electron chi connectivity index (χ0n) is 7.78. The van der Waals surface area contributed by atoms with Crippen LogP contribution in [0.4, 0.5) is 0 Å². The molecule has 0 spiro atoms. The lowest BCUT2D eigenvalue weighted by Gasteiger charge is -2.28. The van der Waals surface area contributed by atoms with Gasteiger partial charge in [0, 0.05) is 11.8 Å². The lowest BCUT2D eigenvalue weighted by molar-refractivity contribution is -0.144. The highest BCUT2D eigenvalue weighted by atomic mass is 35.5. The van der Waals surface area contributed by atoms with Gasteiger partial charge in [0.25, 0.3) is 0 Å². The van der Waals surface area contributed by atoms with Crippen LogP contribution in [0.3, 0.4) is 0 Å². The van der Waals surface area contributed by atoms with Crippen molar-refractivity contribution in [3.63, 3.8) is 0 Å². The van der Waals surface area contributed by atoms with Crippen molar-refractivity contribution in [2.75, 3.05) is 0 Å². The van der Waals surface area contributed by atoms with E-state index in [1.165, 1.54) is 0 Å². The minimum Gasteiger partial charge on any atom is -0.481 e. The highest BCUT2D eigenvalue weighted by Gasteiger charge is 2.37. The fourth-order valence-corrected chi connectivity index (χ4v) is 2.25. The normalized spacial score (nSPS) is 30.9. The van der Waals surface area contributed by atoms with Crippen molar-refractivity contribution < 1.29 is 19.5 Å². The number of hydrogen-bond acceptors (Lipinski definition) is 3. The summed E-state index contributed by atoms with van der Waals surface area (Å²) in [5.74, 6) is -2.87. The van der Waals surface area contributed by atoms with Gasteiger partial charge in [-0.1, -0.05) is 0 Å². The van der Waals surface area contributed by atoms with Crippen molar-refractivity contribution in [3.8, 4) is 0 Å². The number of halogens is 2.